The van der Waals surface area contributed by atoms with E-state index in [-0.39, 0.29) is 0 Å². The van der Waals surface area contributed by atoms with Gasteiger partial charge in [-0.1, -0.05) is 24.3 Å². The summed E-state index contributed by atoms with van der Waals surface area (Å²) in [6.07, 6.45) is 0. The van der Waals surface area contributed by atoms with E-state index in [9.17, 15) is 5.11 Å². The number of rotatable bonds is 1. The Balaban J connectivity index is 3.14. The average molecular weight is 149 g/mol. The molecule has 0 aromatic heterocycles. The second kappa shape index (κ2) is 2.67. The van der Waals surface area contributed by atoms with Crippen molar-refractivity contribution in [2.75, 3.05) is 0 Å². The minimum Gasteiger partial charge on any atom is -0.386 e. The molecule has 1 rings (SSSR count). The van der Waals surface area contributed by atoms with Crippen LogP contribution in [-0.2, 0) is 5.60 Å². The van der Waals surface area contributed by atoms with Crippen molar-refractivity contribution < 1.29 is 5.11 Å². The monoisotopic (exact) mass is 149 g/mol. The van der Waals surface area contributed by atoms with Crippen molar-refractivity contribution in [3.05, 3.63) is 42.3 Å². The van der Waals surface area contributed by atoms with E-state index in [4.69, 9.17) is 0 Å². The lowest BCUT2D eigenvalue weighted by atomic mass is 9.94. The lowest BCUT2D eigenvalue weighted by Gasteiger charge is -2.19. The third-order valence-electron chi connectivity index (χ3n) is 1.68. The normalized spacial score (nSPS) is 11.6. The van der Waals surface area contributed by atoms with E-state index in [1.165, 1.54) is 0 Å². The van der Waals surface area contributed by atoms with Crippen molar-refractivity contribution in [3.8, 4) is 0 Å². The molecule has 0 amide bonds. The molecule has 1 aromatic carbocycles. The SMILES string of the molecule is [CH2]c1ccccc1C(C)(C)O. The second-order valence-corrected chi connectivity index (χ2v) is 3.22. The van der Waals surface area contributed by atoms with E-state index in [1.54, 1.807) is 13.8 Å². The molecule has 1 N–H and O–H groups in total. The molecule has 59 valence electrons. The fraction of sp³-hybridized carbons (Fsp3) is 0.300. The van der Waals surface area contributed by atoms with Crippen molar-refractivity contribution >= 4 is 0 Å². The fourth-order valence-electron chi connectivity index (χ4n) is 1.12. The molecule has 0 aliphatic heterocycles. The van der Waals surface area contributed by atoms with Gasteiger partial charge in [-0.3, -0.25) is 0 Å². The van der Waals surface area contributed by atoms with Crippen molar-refractivity contribution in [2.45, 2.75) is 19.4 Å². The van der Waals surface area contributed by atoms with Crippen LogP contribution in [0.5, 0.6) is 0 Å². The number of benzene rings is 1. The van der Waals surface area contributed by atoms with Crippen LogP contribution in [0.2, 0.25) is 0 Å². The summed E-state index contributed by atoms with van der Waals surface area (Å²) in [5.74, 6) is 0. The third kappa shape index (κ3) is 1.81. The van der Waals surface area contributed by atoms with Crippen LogP contribution in [-0.4, -0.2) is 5.11 Å². The van der Waals surface area contributed by atoms with E-state index in [0.717, 1.165) is 11.1 Å². The van der Waals surface area contributed by atoms with Gasteiger partial charge in [-0.05, 0) is 31.9 Å². The standard InChI is InChI=1S/C10H13O/c1-8-6-4-5-7-9(8)10(2,3)11/h4-7,11H,1H2,2-3H3. The number of hydrogen-bond acceptors (Lipinski definition) is 1. The molecule has 0 spiro atoms. The van der Waals surface area contributed by atoms with Gasteiger partial charge in [0.15, 0.2) is 0 Å². The summed E-state index contributed by atoms with van der Waals surface area (Å²) in [6, 6.07) is 7.61. The molecule has 11 heavy (non-hydrogen) atoms. The highest BCUT2D eigenvalue weighted by Gasteiger charge is 2.16. The molecule has 1 radical (unpaired) electrons. The Bertz CT molecular complexity index is 245. The minimum atomic E-state index is -0.779. The predicted octanol–water partition coefficient (Wildman–Crippen LogP) is 2.10. The van der Waals surface area contributed by atoms with Crippen molar-refractivity contribution in [1.29, 1.82) is 0 Å². The Kier molecular flexibility index (Phi) is 2.01. The highest BCUT2D eigenvalue weighted by molar-refractivity contribution is 5.33. The molecule has 1 heteroatoms. The zero-order valence-electron chi connectivity index (χ0n) is 6.96. The van der Waals surface area contributed by atoms with Crippen LogP contribution in [0.1, 0.15) is 25.0 Å². The number of hydrogen-bond donors (Lipinski definition) is 1. The lowest BCUT2D eigenvalue weighted by molar-refractivity contribution is 0.0782. The van der Waals surface area contributed by atoms with Gasteiger partial charge in [0.05, 0.1) is 5.60 Å². The first kappa shape index (κ1) is 8.28. The van der Waals surface area contributed by atoms with Gasteiger partial charge in [-0.15, -0.1) is 0 Å². The third-order valence-corrected chi connectivity index (χ3v) is 1.68. The summed E-state index contributed by atoms with van der Waals surface area (Å²) in [6.45, 7) is 7.35. The van der Waals surface area contributed by atoms with Gasteiger partial charge in [0, 0.05) is 0 Å². The maximum absolute atomic E-state index is 9.63. The van der Waals surface area contributed by atoms with E-state index in [0.29, 0.717) is 0 Å². The van der Waals surface area contributed by atoms with Crippen molar-refractivity contribution in [1.82, 2.24) is 0 Å². The topological polar surface area (TPSA) is 20.2 Å². The maximum Gasteiger partial charge on any atom is 0.0843 e. The van der Waals surface area contributed by atoms with Crippen molar-refractivity contribution in [3.63, 3.8) is 0 Å². The molecule has 1 aromatic rings. The van der Waals surface area contributed by atoms with Crippen LogP contribution >= 0.6 is 0 Å². The predicted molar refractivity (Wildman–Crippen MR) is 46.1 cm³/mol. The first-order chi connectivity index (χ1) is 5.02. The summed E-state index contributed by atoms with van der Waals surface area (Å²) in [5.41, 5.74) is 0.998. The van der Waals surface area contributed by atoms with Gasteiger partial charge in [0.2, 0.25) is 0 Å². The lowest BCUT2D eigenvalue weighted by Crippen LogP contribution is -2.16. The van der Waals surface area contributed by atoms with E-state index in [2.05, 4.69) is 6.92 Å². The van der Waals surface area contributed by atoms with Crippen LogP contribution in [0.15, 0.2) is 24.3 Å². The van der Waals surface area contributed by atoms with Crippen LogP contribution in [0, 0.1) is 6.92 Å². The highest BCUT2D eigenvalue weighted by Crippen LogP contribution is 2.22. The maximum atomic E-state index is 9.63. The van der Waals surface area contributed by atoms with Gasteiger partial charge in [0.1, 0.15) is 0 Å². The summed E-state index contributed by atoms with van der Waals surface area (Å²) in [7, 11) is 0. The highest BCUT2D eigenvalue weighted by atomic mass is 16.3. The Labute approximate surface area is 67.7 Å². The van der Waals surface area contributed by atoms with Crippen LogP contribution in [0.3, 0.4) is 0 Å². The molecule has 0 atom stereocenters. The van der Waals surface area contributed by atoms with Crippen LogP contribution in [0.25, 0.3) is 0 Å². The first-order valence-corrected chi connectivity index (χ1v) is 3.65. The molecule has 0 saturated carbocycles. The Morgan fingerprint density at radius 1 is 1.27 bits per heavy atom. The van der Waals surface area contributed by atoms with E-state index in [1.807, 2.05) is 24.3 Å². The molecule has 0 aliphatic rings. The van der Waals surface area contributed by atoms with Crippen molar-refractivity contribution in [2.24, 2.45) is 0 Å². The average Bonchev–Trinajstić information content (AvgIpc) is 1.86. The molecule has 0 unspecified atom stereocenters. The van der Waals surface area contributed by atoms with Crippen LogP contribution in [0.4, 0.5) is 0 Å². The second-order valence-electron chi connectivity index (χ2n) is 3.22. The van der Waals surface area contributed by atoms with Gasteiger partial charge < -0.3 is 5.11 Å². The zero-order chi connectivity index (χ0) is 8.48. The van der Waals surface area contributed by atoms with Gasteiger partial charge in [-0.2, -0.15) is 0 Å². The Morgan fingerprint density at radius 3 is 2.18 bits per heavy atom. The summed E-state index contributed by atoms with van der Waals surface area (Å²) in [5, 5.41) is 9.63. The van der Waals surface area contributed by atoms with E-state index >= 15 is 0 Å². The largest absolute Gasteiger partial charge is 0.386 e. The van der Waals surface area contributed by atoms with E-state index < -0.39 is 5.60 Å². The van der Waals surface area contributed by atoms with Crippen LogP contribution < -0.4 is 0 Å². The van der Waals surface area contributed by atoms with Gasteiger partial charge in [0.25, 0.3) is 0 Å². The summed E-state index contributed by atoms with van der Waals surface area (Å²) < 4.78 is 0. The Morgan fingerprint density at radius 2 is 1.82 bits per heavy atom. The molecule has 1 nitrogen and oxygen atoms in total. The fourth-order valence-corrected chi connectivity index (χ4v) is 1.12. The molecule has 0 saturated heterocycles. The Hall–Kier alpha value is -0.820. The van der Waals surface area contributed by atoms with Gasteiger partial charge in [-0.25, -0.2) is 0 Å². The first-order valence-electron chi connectivity index (χ1n) is 3.65. The molecule has 0 aliphatic carbocycles. The minimum absolute atomic E-state index is 0.779. The van der Waals surface area contributed by atoms with Gasteiger partial charge >= 0.3 is 0 Å². The quantitative estimate of drug-likeness (QED) is 0.648. The summed E-state index contributed by atoms with van der Waals surface area (Å²) in [4.78, 5) is 0. The molecule has 0 fully saturated rings. The summed E-state index contributed by atoms with van der Waals surface area (Å²) >= 11 is 0. The molecule has 0 heterocycles. The molecular weight excluding hydrogens is 136 g/mol. The molecule has 0 bridgehead atoms. The molecular formula is C10H13O. The zero-order valence-corrected chi connectivity index (χ0v) is 6.96. The number of aliphatic hydroxyl groups is 1. The smallest absolute Gasteiger partial charge is 0.0843 e.